The van der Waals surface area contributed by atoms with E-state index in [9.17, 15) is 0 Å². The van der Waals surface area contributed by atoms with Gasteiger partial charge in [0, 0.05) is 13.2 Å². The third kappa shape index (κ3) is 506. The third-order valence-corrected chi connectivity index (χ3v) is 7.38. The molecule has 0 fully saturated rings. The summed E-state index contributed by atoms with van der Waals surface area (Å²) < 4.78 is 5.85. The van der Waals surface area contributed by atoms with Crippen molar-refractivity contribution < 1.29 is 14.9 Å². The minimum Gasteiger partial charge on any atom is -0.394 e. The fourth-order valence-corrected chi connectivity index (χ4v) is 4.90. The first kappa shape index (κ1) is 145. The molecule has 3 heteroatoms. The fourth-order valence-electron chi connectivity index (χ4n) is 4.90. The predicted octanol–water partition coefficient (Wildman–Crippen LogP) is 27.0. The summed E-state index contributed by atoms with van der Waals surface area (Å²) in [5, 5.41) is 15.2. The molecule has 0 rings (SSSR count). The highest BCUT2D eigenvalue weighted by Crippen LogP contribution is 2.14. The van der Waals surface area contributed by atoms with Gasteiger partial charge in [0.05, 0.1) is 13.2 Å². The molecule has 0 aliphatic rings. The van der Waals surface area contributed by atoms with E-state index in [-0.39, 0.29) is 13.2 Å². The zero-order valence-corrected chi connectivity index (χ0v) is 54.2. The molecule has 0 saturated carbocycles. The predicted molar refractivity (Wildman–Crippen MR) is 391 cm³/mol. The van der Waals surface area contributed by atoms with E-state index >= 15 is 0 Å². The van der Waals surface area contributed by atoms with Crippen molar-refractivity contribution in [1.29, 1.82) is 0 Å². The minimum atomic E-state index is -0.125. The second-order valence-electron chi connectivity index (χ2n) is 11.3. The molecule has 77 heavy (non-hydrogen) atoms. The van der Waals surface area contributed by atoms with E-state index in [4.69, 9.17) is 14.9 Å². The van der Waals surface area contributed by atoms with Crippen molar-refractivity contribution in [2.75, 3.05) is 26.4 Å². The molecular weight excluding hydrogens is 937 g/mol. The number of ether oxygens (including phenoxy) is 1. The zero-order valence-electron chi connectivity index (χ0n) is 54.2. The largest absolute Gasteiger partial charge is 0.394 e. The van der Waals surface area contributed by atoms with Gasteiger partial charge in [-0.1, -0.05) is 181 Å². The fraction of sp³-hybridized carbons (Fsp3) is 0.459. The van der Waals surface area contributed by atoms with Crippen LogP contribution in [-0.4, -0.2) is 36.6 Å². The van der Waals surface area contributed by atoms with Crippen molar-refractivity contribution in [2.45, 2.75) is 194 Å². The number of hydrogen-bond donors (Lipinski definition) is 2. The Kier molecular flexibility index (Phi) is 844. The molecule has 0 radical (unpaired) electrons. The number of unbranched alkanes of at least 4 members (excludes halogenated alkanes) is 26. The molecule has 0 heterocycles. The van der Waals surface area contributed by atoms with Crippen molar-refractivity contribution in [1.82, 2.24) is 0 Å². The van der Waals surface area contributed by atoms with Gasteiger partial charge in [0.2, 0.25) is 0 Å². The van der Waals surface area contributed by atoms with Crippen molar-refractivity contribution in [3.63, 3.8) is 0 Å². The molecule has 0 bridgehead atoms. The zero-order chi connectivity index (χ0) is 67.3. The molecule has 0 aromatic carbocycles. The van der Waals surface area contributed by atoms with E-state index in [1.54, 1.807) is 0 Å². The van der Waals surface area contributed by atoms with Crippen molar-refractivity contribution >= 4 is 0 Å². The Morgan fingerprint density at radius 1 is 0.169 bits per heavy atom. The molecule has 2 N–H and O–H groups in total. The van der Waals surface area contributed by atoms with Crippen LogP contribution in [0.2, 0.25) is 0 Å². The van der Waals surface area contributed by atoms with Gasteiger partial charge in [0.15, 0.2) is 0 Å². The van der Waals surface area contributed by atoms with Crippen LogP contribution in [0.5, 0.6) is 0 Å². The van der Waals surface area contributed by atoms with Crippen molar-refractivity contribution in [3.8, 4) is 0 Å². The Hall–Kier alpha value is -5.32. The quantitative estimate of drug-likeness (QED) is 0.0537. The van der Waals surface area contributed by atoms with Crippen LogP contribution < -0.4 is 0 Å². The van der Waals surface area contributed by atoms with Gasteiger partial charge in [0.25, 0.3) is 0 Å². The Bertz CT molecular complexity index is 507. The lowest BCUT2D eigenvalue weighted by Gasteiger charge is -2.05. The smallest absolute Gasteiger partial charge is 0.0662 e. The molecule has 0 atom stereocenters. The van der Waals surface area contributed by atoms with Crippen LogP contribution in [0.3, 0.4) is 0 Å². The molecular formula is C74H152O3. The molecule has 0 spiro atoms. The number of aliphatic hydroxyl groups is 2. The third-order valence-electron chi connectivity index (χ3n) is 7.38. The summed E-state index contributed by atoms with van der Waals surface area (Å²) in [5.41, 5.74) is 0. The highest BCUT2D eigenvalue weighted by Gasteiger charge is 1.96. The van der Waals surface area contributed by atoms with Gasteiger partial charge in [-0.25, -0.2) is 0 Å². The number of hydrogen-bond acceptors (Lipinski definition) is 3. The molecule has 3 nitrogen and oxygen atoms in total. The lowest BCUT2D eigenvalue weighted by atomic mass is 10.0. The number of aliphatic hydroxyl groups excluding tert-OH is 2. The average Bonchev–Trinajstić information content (AvgIpc) is 3.58. The van der Waals surface area contributed by atoms with Crippen molar-refractivity contribution in [2.24, 2.45) is 0 Å². The maximum atomic E-state index is 7.62. The van der Waals surface area contributed by atoms with Crippen LogP contribution in [0.25, 0.3) is 0 Å². The van der Waals surface area contributed by atoms with Crippen LogP contribution in [0.15, 0.2) is 263 Å². The average molecular weight is 1090 g/mol. The maximum absolute atomic E-state index is 7.62. The number of rotatable bonds is 31. The first-order valence-corrected chi connectivity index (χ1v) is 27.1. The summed E-state index contributed by atoms with van der Waals surface area (Å²) in [7, 11) is 0. The van der Waals surface area contributed by atoms with Gasteiger partial charge in [-0.3, -0.25) is 0 Å². The van der Waals surface area contributed by atoms with Gasteiger partial charge >= 0.3 is 0 Å². The summed E-state index contributed by atoms with van der Waals surface area (Å²) in [5.74, 6) is 0. The van der Waals surface area contributed by atoms with Gasteiger partial charge in [-0.15, -0.1) is 263 Å². The van der Waals surface area contributed by atoms with Crippen LogP contribution in [0, 0.1) is 0 Å². The Balaban J connectivity index is -0.0000000285. The SMILES string of the molecule is C=C.C=C.C=C.C=C.C=C.C=C.C=C.C=C.C=C.C=C.C=C.C=C.C=C.C=C.C=C.C=C.C=C.C=C.C=C.C=C.CCCCCCCCCCCCCCCCOCCCCCCCCCCCCCCCC.OCCO. The minimum absolute atomic E-state index is 0.125. The van der Waals surface area contributed by atoms with Crippen molar-refractivity contribution in [3.05, 3.63) is 263 Å². The molecule has 0 aliphatic heterocycles. The molecule has 0 unspecified atom stereocenters. The highest BCUT2D eigenvalue weighted by molar-refractivity contribution is 4.51. The first-order chi connectivity index (χ1) is 38.3. The maximum Gasteiger partial charge on any atom is 0.0662 e. The summed E-state index contributed by atoms with van der Waals surface area (Å²) >= 11 is 0. The van der Waals surface area contributed by atoms with E-state index in [2.05, 4.69) is 277 Å². The van der Waals surface area contributed by atoms with E-state index in [1.165, 1.54) is 180 Å². The molecule has 0 saturated heterocycles. The van der Waals surface area contributed by atoms with Gasteiger partial charge in [-0.2, -0.15) is 0 Å². The van der Waals surface area contributed by atoms with Crippen LogP contribution >= 0.6 is 0 Å². The van der Waals surface area contributed by atoms with Crippen LogP contribution in [-0.2, 0) is 4.74 Å². The molecule has 0 amide bonds. The molecule has 0 aliphatic carbocycles. The second kappa shape index (κ2) is 448. The highest BCUT2D eigenvalue weighted by atomic mass is 16.5. The van der Waals surface area contributed by atoms with E-state index < -0.39 is 0 Å². The Labute approximate surface area is 495 Å². The van der Waals surface area contributed by atoms with Gasteiger partial charge < -0.3 is 14.9 Å². The van der Waals surface area contributed by atoms with Crippen LogP contribution in [0.1, 0.15) is 194 Å². The van der Waals surface area contributed by atoms with Gasteiger partial charge in [0.1, 0.15) is 0 Å². The normalized spacial score (nSPS) is 6.34. The first-order valence-electron chi connectivity index (χ1n) is 27.1. The summed E-state index contributed by atoms with van der Waals surface area (Å²) in [6.07, 6.45) is 40.1. The summed E-state index contributed by atoms with van der Waals surface area (Å²) in [6.45, 7) is 126. The molecule has 0 aromatic rings. The van der Waals surface area contributed by atoms with E-state index in [0.29, 0.717) is 0 Å². The summed E-state index contributed by atoms with van der Waals surface area (Å²) in [4.78, 5) is 0. The lowest BCUT2D eigenvalue weighted by Crippen LogP contribution is -1.97. The monoisotopic (exact) mass is 1090 g/mol. The lowest BCUT2D eigenvalue weighted by molar-refractivity contribution is 0.125. The molecule has 466 valence electrons. The topological polar surface area (TPSA) is 49.7 Å². The second-order valence-corrected chi connectivity index (χ2v) is 11.3. The Morgan fingerprint density at radius 2 is 0.260 bits per heavy atom. The Morgan fingerprint density at radius 3 is 0.351 bits per heavy atom. The van der Waals surface area contributed by atoms with Gasteiger partial charge in [-0.05, 0) is 12.8 Å². The standard InChI is InChI=1S/C32H66O.C2H6O2.20C2H4/c1-3-5-7-9-11-13-15-17-19-21-23-25-27-29-31-33-32-30-28-26-24-22-20-18-16-14-12-10-8-6-4-2;3-1-2-4;20*1-2/h3-32H2,1-2H3;3-4H,1-2H2;20*1-2H2. The van der Waals surface area contributed by atoms with E-state index in [1.807, 2.05) is 0 Å². The summed E-state index contributed by atoms with van der Waals surface area (Å²) in [6, 6.07) is 0. The van der Waals surface area contributed by atoms with Crippen LogP contribution in [0.4, 0.5) is 0 Å². The molecule has 0 aromatic heterocycles. The van der Waals surface area contributed by atoms with E-state index in [0.717, 1.165) is 13.2 Å².